The predicted octanol–water partition coefficient (Wildman–Crippen LogP) is 2.95. The summed E-state index contributed by atoms with van der Waals surface area (Å²) in [7, 11) is 1.46. The van der Waals surface area contributed by atoms with Gasteiger partial charge in [-0.25, -0.2) is 0 Å². The Morgan fingerprint density at radius 1 is 1.27 bits per heavy atom. The van der Waals surface area contributed by atoms with Crippen LogP contribution in [0.1, 0.15) is 29.8 Å². The van der Waals surface area contributed by atoms with Crippen LogP contribution in [0.5, 0.6) is 5.75 Å². The molecule has 9 nitrogen and oxygen atoms in total. The quantitative estimate of drug-likeness (QED) is 0.620. The Kier molecular flexibility index (Phi) is 6.63. The van der Waals surface area contributed by atoms with Gasteiger partial charge in [0.05, 0.1) is 23.4 Å². The van der Waals surface area contributed by atoms with Crippen LogP contribution >= 0.6 is 11.6 Å². The summed E-state index contributed by atoms with van der Waals surface area (Å²) in [5.41, 5.74) is 2.26. The lowest BCUT2D eigenvalue weighted by Gasteiger charge is -2.19. The van der Waals surface area contributed by atoms with Gasteiger partial charge < -0.3 is 15.0 Å². The second-order valence-electron chi connectivity index (χ2n) is 6.45. The molecule has 0 aliphatic carbocycles. The Labute approximate surface area is 178 Å². The van der Waals surface area contributed by atoms with Crippen molar-refractivity contribution >= 4 is 29.1 Å². The molecule has 0 radical (unpaired) electrons. The van der Waals surface area contributed by atoms with Gasteiger partial charge in [-0.2, -0.15) is 4.68 Å². The van der Waals surface area contributed by atoms with Crippen LogP contribution in [-0.2, 0) is 11.3 Å². The van der Waals surface area contributed by atoms with Crippen molar-refractivity contribution in [3.63, 3.8) is 0 Å². The highest BCUT2D eigenvalue weighted by Gasteiger charge is 2.18. The van der Waals surface area contributed by atoms with Crippen molar-refractivity contribution in [1.29, 1.82) is 0 Å². The second-order valence-corrected chi connectivity index (χ2v) is 6.85. The van der Waals surface area contributed by atoms with E-state index in [0.29, 0.717) is 35.2 Å². The minimum Gasteiger partial charge on any atom is -0.496 e. The number of aromatic nitrogens is 4. The zero-order valence-corrected chi connectivity index (χ0v) is 17.6. The lowest BCUT2D eigenvalue weighted by atomic mass is 10.1. The minimum absolute atomic E-state index is 0.00557. The summed E-state index contributed by atoms with van der Waals surface area (Å²) < 4.78 is 6.75. The SMILES string of the molecule is CCN(Cc1cccc(NC(=O)c2cc(Cl)c(-n3cnnn3)cc2OC)c1)C(C)=O. The third kappa shape index (κ3) is 4.74. The Balaban J connectivity index is 1.83. The molecule has 1 aromatic heterocycles. The van der Waals surface area contributed by atoms with Crippen molar-refractivity contribution in [3.8, 4) is 11.4 Å². The van der Waals surface area contributed by atoms with Gasteiger partial charge in [0.15, 0.2) is 0 Å². The number of carbonyl (C=O) groups excluding carboxylic acids is 2. The van der Waals surface area contributed by atoms with E-state index < -0.39 is 0 Å². The molecule has 0 saturated heterocycles. The van der Waals surface area contributed by atoms with Gasteiger partial charge >= 0.3 is 0 Å². The monoisotopic (exact) mass is 428 g/mol. The Morgan fingerprint density at radius 2 is 2.07 bits per heavy atom. The number of hydrogen-bond donors (Lipinski definition) is 1. The van der Waals surface area contributed by atoms with E-state index in [1.165, 1.54) is 31.1 Å². The van der Waals surface area contributed by atoms with Gasteiger partial charge in [0.2, 0.25) is 5.91 Å². The first kappa shape index (κ1) is 21.3. The summed E-state index contributed by atoms with van der Waals surface area (Å²) >= 11 is 6.34. The molecule has 0 fully saturated rings. The van der Waals surface area contributed by atoms with Crippen LogP contribution in [0.25, 0.3) is 5.69 Å². The van der Waals surface area contributed by atoms with Crippen LogP contribution < -0.4 is 10.1 Å². The molecule has 10 heteroatoms. The van der Waals surface area contributed by atoms with Crippen molar-refractivity contribution in [2.24, 2.45) is 0 Å². The number of methoxy groups -OCH3 is 1. The maximum Gasteiger partial charge on any atom is 0.259 e. The van der Waals surface area contributed by atoms with Crippen LogP contribution in [0.3, 0.4) is 0 Å². The molecule has 156 valence electrons. The van der Waals surface area contributed by atoms with Crippen LogP contribution in [0, 0.1) is 0 Å². The highest BCUT2D eigenvalue weighted by atomic mass is 35.5. The fourth-order valence-electron chi connectivity index (χ4n) is 2.95. The van der Waals surface area contributed by atoms with Crippen molar-refractivity contribution in [1.82, 2.24) is 25.1 Å². The van der Waals surface area contributed by atoms with Gasteiger partial charge in [-0.15, -0.1) is 5.10 Å². The van der Waals surface area contributed by atoms with Crippen molar-refractivity contribution in [2.45, 2.75) is 20.4 Å². The average molecular weight is 429 g/mol. The van der Waals surface area contributed by atoms with E-state index in [1.54, 1.807) is 17.0 Å². The number of tetrazole rings is 1. The van der Waals surface area contributed by atoms with Crippen LogP contribution in [0.4, 0.5) is 5.69 Å². The van der Waals surface area contributed by atoms with Crippen LogP contribution in [0.2, 0.25) is 5.02 Å². The maximum atomic E-state index is 12.9. The van der Waals surface area contributed by atoms with E-state index in [4.69, 9.17) is 16.3 Å². The van der Waals surface area contributed by atoms with E-state index >= 15 is 0 Å². The van der Waals surface area contributed by atoms with E-state index in [9.17, 15) is 9.59 Å². The van der Waals surface area contributed by atoms with Gasteiger partial charge in [0, 0.05) is 31.8 Å². The van der Waals surface area contributed by atoms with Crippen molar-refractivity contribution in [3.05, 3.63) is 58.9 Å². The molecule has 0 atom stereocenters. The Hall–Kier alpha value is -3.46. The highest BCUT2D eigenvalue weighted by molar-refractivity contribution is 6.33. The largest absolute Gasteiger partial charge is 0.496 e. The van der Waals surface area contributed by atoms with Crippen LogP contribution in [0.15, 0.2) is 42.7 Å². The number of anilines is 1. The first-order valence-corrected chi connectivity index (χ1v) is 9.57. The summed E-state index contributed by atoms with van der Waals surface area (Å²) in [6, 6.07) is 10.4. The maximum absolute atomic E-state index is 12.9. The highest BCUT2D eigenvalue weighted by Crippen LogP contribution is 2.30. The van der Waals surface area contributed by atoms with Gasteiger partial charge in [-0.1, -0.05) is 23.7 Å². The molecular formula is C20H21ClN6O3. The summed E-state index contributed by atoms with van der Waals surface area (Å²) in [5, 5.41) is 14.1. The Bertz CT molecular complexity index is 1050. The van der Waals surface area contributed by atoms with Gasteiger partial charge in [-0.3, -0.25) is 9.59 Å². The number of nitrogens with one attached hydrogen (secondary N) is 1. The number of carbonyl (C=O) groups is 2. The normalized spacial score (nSPS) is 10.5. The lowest BCUT2D eigenvalue weighted by Crippen LogP contribution is -2.27. The molecular weight excluding hydrogens is 408 g/mol. The van der Waals surface area contributed by atoms with E-state index in [2.05, 4.69) is 20.8 Å². The molecule has 2 aromatic carbocycles. The number of ether oxygens (including phenoxy) is 1. The fourth-order valence-corrected chi connectivity index (χ4v) is 3.20. The summed E-state index contributed by atoms with van der Waals surface area (Å²) in [4.78, 5) is 26.2. The molecule has 0 spiro atoms. The third-order valence-electron chi connectivity index (χ3n) is 4.49. The first-order valence-electron chi connectivity index (χ1n) is 9.19. The number of amides is 2. The topological polar surface area (TPSA) is 102 Å². The average Bonchev–Trinajstić information content (AvgIpc) is 3.26. The fraction of sp³-hybridized carbons (Fsp3) is 0.250. The molecule has 1 N–H and O–H groups in total. The predicted molar refractivity (Wildman–Crippen MR) is 112 cm³/mol. The zero-order valence-electron chi connectivity index (χ0n) is 16.8. The molecule has 3 aromatic rings. The molecule has 3 rings (SSSR count). The zero-order chi connectivity index (χ0) is 21.7. The number of nitrogens with zero attached hydrogens (tertiary/aromatic N) is 5. The van der Waals surface area contributed by atoms with E-state index in [1.807, 2.05) is 25.1 Å². The lowest BCUT2D eigenvalue weighted by molar-refractivity contribution is -0.129. The molecule has 0 aliphatic heterocycles. The molecule has 2 amide bonds. The summed E-state index contributed by atoms with van der Waals surface area (Å²) in [5.74, 6) is -0.0608. The smallest absolute Gasteiger partial charge is 0.259 e. The van der Waals surface area contributed by atoms with Crippen LogP contribution in [-0.4, -0.2) is 50.6 Å². The number of hydrogen-bond acceptors (Lipinski definition) is 6. The number of rotatable bonds is 7. The molecule has 0 bridgehead atoms. The molecule has 0 saturated carbocycles. The van der Waals surface area contributed by atoms with Crippen molar-refractivity contribution in [2.75, 3.05) is 19.0 Å². The molecule has 30 heavy (non-hydrogen) atoms. The van der Waals surface area contributed by atoms with Gasteiger partial charge in [-0.05, 0) is 41.1 Å². The number of halogens is 1. The van der Waals surface area contributed by atoms with Gasteiger partial charge in [0.1, 0.15) is 12.1 Å². The first-order chi connectivity index (χ1) is 14.4. The third-order valence-corrected chi connectivity index (χ3v) is 4.80. The summed E-state index contributed by atoms with van der Waals surface area (Å²) in [6.45, 7) is 4.52. The molecule has 0 aliphatic rings. The van der Waals surface area contributed by atoms with E-state index in [0.717, 1.165) is 5.56 Å². The van der Waals surface area contributed by atoms with E-state index in [-0.39, 0.29) is 17.4 Å². The summed E-state index contributed by atoms with van der Waals surface area (Å²) in [6.07, 6.45) is 1.40. The van der Waals surface area contributed by atoms with Gasteiger partial charge in [0.25, 0.3) is 5.91 Å². The number of benzene rings is 2. The van der Waals surface area contributed by atoms with Crippen molar-refractivity contribution < 1.29 is 14.3 Å². The Morgan fingerprint density at radius 3 is 2.70 bits per heavy atom. The molecule has 0 unspecified atom stereocenters. The second kappa shape index (κ2) is 9.36. The minimum atomic E-state index is -0.381. The standard InChI is InChI=1S/C20H21ClN6O3/c1-4-26(13(2)28)11-14-6-5-7-15(8-14)23-20(29)16-9-17(21)18(10-19(16)30-3)27-12-22-24-25-27/h5-10,12H,4,11H2,1-3H3,(H,23,29). The molecule has 1 heterocycles.